The van der Waals surface area contributed by atoms with Crippen LogP contribution in [0.25, 0.3) is 11.0 Å². The average Bonchev–Trinajstić information content (AvgIpc) is 2.62. The number of amides is 2. The minimum atomic E-state index is -0.816. The molecule has 3 aromatic rings. The third kappa shape index (κ3) is 4.52. The molecule has 0 saturated heterocycles. The normalized spacial score (nSPS) is 11.6. The van der Waals surface area contributed by atoms with Crippen molar-refractivity contribution >= 4 is 34.2 Å². The molecule has 0 spiro atoms. The van der Waals surface area contributed by atoms with Crippen molar-refractivity contribution in [2.24, 2.45) is 0 Å². The Morgan fingerprint density at radius 1 is 1.00 bits per heavy atom. The molecule has 0 aliphatic heterocycles. The molecule has 1 atom stereocenters. The van der Waals surface area contributed by atoms with Gasteiger partial charge in [0.2, 0.25) is 5.91 Å². The van der Waals surface area contributed by atoms with E-state index in [4.69, 9.17) is 9.15 Å². The second-order valence-electron chi connectivity index (χ2n) is 5.93. The van der Waals surface area contributed by atoms with Crippen molar-refractivity contribution in [3.63, 3.8) is 0 Å². The Bertz CT molecular complexity index is 1060. The van der Waals surface area contributed by atoms with E-state index in [2.05, 4.69) is 10.6 Å². The summed E-state index contributed by atoms with van der Waals surface area (Å²) < 4.78 is 10.8. The van der Waals surface area contributed by atoms with Crippen LogP contribution in [0.2, 0.25) is 0 Å². The van der Waals surface area contributed by atoms with Crippen LogP contribution in [0.4, 0.5) is 11.4 Å². The molecule has 2 N–H and O–H groups in total. The summed E-state index contributed by atoms with van der Waals surface area (Å²) in [6, 6.07) is 14.9. The van der Waals surface area contributed by atoms with Crippen molar-refractivity contribution in [2.45, 2.75) is 20.0 Å². The maximum Gasteiger partial charge on any atom is 0.336 e. The summed E-state index contributed by atoms with van der Waals surface area (Å²) in [5.41, 5.74) is 0.888. The number of hydrogen-bond donors (Lipinski definition) is 2. The van der Waals surface area contributed by atoms with Crippen molar-refractivity contribution in [1.82, 2.24) is 0 Å². The maximum atomic E-state index is 12.5. The number of ether oxygens (including phenoxy) is 1. The molecule has 0 radical (unpaired) electrons. The molecule has 138 valence electrons. The van der Waals surface area contributed by atoms with Gasteiger partial charge >= 0.3 is 5.63 Å². The van der Waals surface area contributed by atoms with Gasteiger partial charge in [-0.15, -0.1) is 0 Å². The Morgan fingerprint density at radius 2 is 1.67 bits per heavy atom. The van der Waals surface area contributed by atoms with E-state index in [0.29, 0.717) is 22.7 Å². The molecule has 0 bridgehead atoms. The molecular weight excluding hydrogens is 348 g/mol. The van der Waals surface area contributed by atoms with Crippen LogP contribution >= 0.6 is 0 Å². The molecule has 1 aromatic heterocycles. The average molecular weight is 366 g/mol. The Hall–Kier alpha value is -3.61. The van der Waals surface area contributed by atoms with Crippen LogP contribution in [0.1, 0.15) is 13.8 Å². The highest BCUT2D eigenvalue weighted by Gasteiger charge is 2.17. The van der Waals surface area contributed by atoms with Crippen LogP contribution in [0, 0.1) is 0 Å². The Morgan fingerprint density at radius 3 is 2.37 bits per heavy atom. The van der Waals surface area contributed by atoms with E-state index < -0.39 is 11.7 Å². The van der Waals surface area contributed by atoms with Crippen molar-refractivity contribution < 1.29 is 18.7 Å². The highest BCUT2D eigenvalue weighted by Crippen LogP contribution is 2.23. The summed E-state index contributed by atoms with van der Waals surface area (Å²) in [4.78, 5) is 35.1. The molecule has 1 heterocycles. The summed E-state index contributed by atoms with van der Waals surface area (Å²) in [5.74, 6) is -0.226. The molecule has 27 heavy (non-hydrogen) atoms. The van der Waals surface area contributed by atoms with E-state index in [-0.39, 0.29) is 11.8 Å². The number of carbonyl (C=O) groups excluding carboxylic acids is 2. The van der Waals surface area contributed by atoms with Crippen LogP contribution in [-0.2, 0) is 9.59 Å². The molecule has 0 aliphatic carbocycles. The number of fused-ring (bicyclic) bond motifs is 1. The van der Waals surface area contributed by atoms with Crippen molar-refractivity contribution in [1.29, 1.82) is 0 Å². The molecular formula is C20H18N2O5. The molecule has 0 saturated carbocycles. The number of nitrogens with one attached hydrogen (secondary N) is 2. The van der Waals surface area contributed by atoms with E-state index >= 15 is 0 Å². The van der Waals surface area contributed by atoms with Crippen molar-refractivity contribution in [2.75, 3.05) is 10.6 Å². The molecule has 7 nitrogen and oxygen atoms in total. The molecule has 1 unspecified atom stereocenters. The largest absolute Gasteiger partial charge is 0.481 e. The summed E-state index contributed by atoms with van der Waals surface area (Å²) in [5, 5.41) is 6.14. The predicted molar refractivity (Wildman–Crippen MR) is 102 cm³/mol. The fraction of sp³-hybridized carbons (Fsp3) is 0.150. The quantitative estimate of drug-likeness (QED) is 0.676. The van der Waals surface area contributed by atoms with Crippen molar-refractivity contribution in [3.05, 3.63) is 65.0 Å². The van der Waals surface area contributed by atoms with E-state index in [1.165, 1.54) is 13.0 Å². The van der Waals surface area contributed by atoms with Gasteiger partial charge < -0.3 is 19.8 Å². The molecule has 0 fully saturated rings. The van der Waals surface area contributed by atoms with Crippen LogP contribution in [0.3, 0.4) is 0 Å². The Balaban J connectivity index is 1.73. The van der Waals surface area contributed by atoms with E-state index in [9.17, 15) is 14.4 Å². The highest BCUT2D eigenvalue weighted by molar-refractivity contribution is 6.00. The lowest BCUT2D eigenvalue weighted by Gasteiger charge is -2.16. The first kappa shape index (κ1) is 18.2. The van der Waals surface area contributed by atoms with E-state index in [1.807, 2.05) is 0 Å². The number of carbonyl (C=O) groups is 2. The van der Waals surface area contributed by atoms with Gasteiger partial charge in [-0.05, 0) is 37.3 Å². The fourth-order valence-electron chi connectivity index (χ4n) is 2.50. The number of anilines is 2. The minimum absolute atomic E-state index is 0.237. The van der Waals surface area contributed by atoms with Gasteiger partial charge in [0, 0.05) is 24.4 Å². The molecule has 2 amide bonds. The summed E-state index contributed by atoms with van der Waals surface area (Å²) in [6.07, 6.45) is -0.816. The van der Waals surface area contributed by atoms with Crippen LogP contribution in [0.5, 0.6) is 5.75 Å². The van der Waals surface area contributed by atoms with Gasteiger partial charge in [-0.1, -0.05) is 12.1 Å². The minimum Gasteiger partial charge on any atom is -0.481 e. The van der Waals surface area contributed by atoms with Crippen molar-refractivity contribution in [3.8, 4) is 5.75 Å². The number of hydrogen-bond acceptors (Lipinski definition) is 5. The van der Waals surface area contributed by atoms with Gasteiger partial charge in [0.1, 0.15) is 11.3 Å². The van der Waals surface area contributed by atoms with Crippen LogP contribution in [0.15, 0.2) is 63.8 Å². The van der Waals surface area contributed by atoms with Gasteiger partial charge in [0.15, 0.2) is 6.10 Å². The summed E-state index contributed by atoms with van der Waals surface area (Å²) in [7, 11) is 0. The zero-order valence-electron chi connectivity index (χ0n) is 14.8. The van der Waals surface area contributed by atoms with Crippen LogP contribution in [-0.4, -0.2) is 17.9 Å². The first-order valence-corrected chi connectivity index (χ1v) is 8.30. The maximum absolute atomic E-state index is 12.5. The van der Waals surface area contributed by atoms with E-state index in [1.54, 1.807) is 55.5 Å². The third-order valence-corrected chi connectivity index (χ3v) is 3.77. The standard InChI is InChI=1S/C20H18N2O5/c1-12(20(25)22-17-6-4-3-5-16(17)21-13(2)23)26-15-9-7-14-8-10-19(24)27-18(14)11-15/h3-12H,1-2H3,(H,21,23)(H,22,25). The number of rotatable bonds is 5. The first-order chi connectivity index (χ1) is 12.9. The number of benzene rings is 2. The second-order valence-corrected chi connectivity index (χ2v) is 5.93. The molecule has 2 aromatic carbocycles. The number of para-hydroxylation sites is 2. The van der Waals surface area contributed by atoms with Gasteiger partial charge in [-0.25, -0.2) is 4.79 Å². The second kappa shape index (κ2) is 7.74. The molecule has 3 rings (SSSR count). The Labute approximate surface area is 154 Å². The SMILES string of the molecule is CC(=O)Nc1ccccc1NC(=O)C(C)Oc1ccc2ccc(=O)oc2c1. The van der Waals surface area contributed by atoms with Gasteiger partial charge in [0.25, 0.3) is 5.91 Å². The fourth-order valence-corrected chi connectivity index (χ4v) is 2.50. The molecule has 7 heteroatoms. The third-order valence-electron chi connectivity index (χ3n) is 3.77. The van der Waals surface area contributed by atoms with Gasteiger partial charge in [-0.2, -0.15) is 0 Å². The zero-order chi connectivity index (χ0) is 19.4. The summed E-state index contributed by atoms with van der Waals surface area (Å²) in [6.45, 7) is 2.99. The Kier molecular flexibility index (Phi) is 5.21. The topological polar surface area (TPSA) is 97.6 Å². The highest BCUT2D eigenvalue weighted by atomic mass is 16.5. The lowest BCUT2D eigenvalue weighted by atomic mass is 10.2. The van der Waals surface area contributed by atoms with Gasteiger partial charge in [-0.3, -0.25) is 9.59 Å². The smallest absolute Gasteiger partial charge is 0.336 e. The molecule has 0 aliphatic rings. The lowest BCUT2D eigenvalue weighted by Crippen LogP contribution is -2.30. The predicted octanol–water partition coefficient (Wildman–Crippen LogP) is 3.16. The zero-order valence-corrected chi connectivity index (χ0v) is 14.8. The monoisotopic (exact) mass is 366 g/mol. The van der Waals surface area contributed by atoms with E-state index in [0.717, 1.165) is 5.39 Å². The lowest BCUT2D eigenvalue weighted by molar-refractivity contribution is -0.122. The summed E-state index contributed by atoms with van der Waals surface area (Å²) >= 11 is 0. The first-order valence-electron chi connectivity index (χ1n) is 8.30. The van der Waals surface area contributed by atoms with Crippen LogP contribution < -0.4 is 21.0 Å². The van der Waals surface area contributed by atoms with Gasteiger partial charge in [0.05, 0.1) is 11.4 Å².